The van der Waals surface area contributed by atoms with Crippen LogP contribution in [0.2, 0.25) is 5.02 Å². The molecule has 1 unspecified atom stereocenters. The number of halogens is 2. The Labute approximate surface area is 101 Å². The Morgan fingerprint density at radius 1 is 1.44 bits per heavy atom. The average Bonchev–Trinajstić information content (AvgIpc) is 2.71. The Hall–Kier alpha value is -1.04. The minimum absolute atomic E-state index is 0.0787. The second kappa shape index (κ2) is 4.45. The molecule has 0 radical (unpaired) electrons. The third-order valence-corrected chi connectivity index (χ3v) is 3.46. The number of nitrogens with zero attached hydrogens (tertiary/aromatic N) is 2. The van der Waals surface area contributed by atoms with E-state index in [2.05, 4.69) is 10.2 Å². The molecule has 0 saturated carbocycles. The molecule has 1 aromatic heterocycles. The van der Waals surface area contributed by atoms with Crippen molar-refractivity contribution in [2.45, 2.75) is 13.0 Å². The smallest absolute Gasteiger partial charge is 0.147 e. The monoisotopic (exact) mass is 257 g/mol. The summed E-state index contributed by atoms with van der Waals surface area (Å²) in [6.07, 6.45) is 0. The van der Waals surface area contributed by atoms with Crippen molar-refractivity contribution >= 4 is 22.9 Å². The van der Waals surface area contributed by atoms with Gasteiger partial charge >= 0.3 is 0 Å². The van der Waals surface area contributed by atoms with Crippen LogP contribution in [-0.2, 0) is 0 Å². The van der Waals surface area contributed by atoms with Crippen molar-refractivity contribution in [3.63, 3.8) is 0 Å². The van der Waals surface area contributed by atoms with E-state index in [-0.39, 0.29) is 11.1 Å². The van der Waals surface area contributed by atoms with Gasteiger partial charge in [-0.1, -0.05) is 22.9 Å². The van der Waals surface area contributed by atoms with E-state index in [1.165, 1.54) is 23.5 Å². The lowest BCUT2D eigenvalue weighted by Crippen LogP contribution is -2.03. The fourth-order valence-corrected chi connectivity index (χ4v) is 2.14. The maximum absolute atomic E-state index is 13.0. The summed E-state index contributed by atoms with van der Waals surface area (Å²) in [5, 5.41) is 9.45. The van der Waals surface area contributed by atoms with Gasteiger partial charge in [0.2, 0.25) is 0 Å². The molecule has 0 bridgehead atoms. The highest BCUT2D eigenvalue weighted by atomic mass is 35.5. The number of hydrogen-bond acceptors (Lipinski definition) is 4. The van der Waals surface area contributed by atoms with Crippen molar-refractivity contribution in [1.82, 2.24) is 10.2 Å². The molecule has 0 aliphatic heterocycles. The fourth-order valence-electron chi connectivity index (χ4n) is 1.16. The lowest BCUT2D eigenvalue weighted by atomic mass is 10.2. The van der Waals surface area contributed by atoms with Crippen LogP contribution in [0.1, 0.15) is 18.0 Å². The zero-order valence-electron chi connectivity index (χ0n) is 8.45. The molecule has 2 aromatic rings. The molecule has 84 valence electrons. The largest absolute Gasteiger partial charge is 0.322 e. The molecule has 0 saturated heterocycles. The quantitative estimate of drug-likeness (QED) is 0.900. The molecule has 16 heavy (non-hydrogen) atoms. The number of nitrogens with two attached hydrogens (primary N) is 1. The highest BCUT2D eigenvalue weighted by Crippen LogP contribution is 2.28. The van der Waals surface area contributed by atoms with Gasteiger partial charge in [-0.3, -0.25) is 0 Å². The van der Waals surface area contributed by atoms with Crippen molar-refractivity contribution < 1.29 is 4.39 Å². The molecule has 0 amide bonds. The normalized spacial score (nSPS) is 12.8. The first-order valence-electron chi connectivity index (χ1n) is 4.62. The lowest BCUT2D eigenvalue weighted by Gasteiger charge is -1.97. The van der Waals surface area contributed by atoms with Gasteiger partial charge in [0.05, 0.1) is 11.1 Å². The van der Waals surface area contributed by atoms with E-state index in [0.717, 1.165) is 10.6 Å². The Morgan fingerprint density at radius 2 is 2.19 bits per heavy atom. The van der Waals surface area contributed by atoms with Crippen molar-refractivity contribution in [3.8, 4) is 10.6 Å². The first kappa shape index (κ1) is 11.4. The van der Waals surface area contributed by atoms with Crippen LogP contribution in [0.5, 0.6) is 0 Å². The molecule has 1 atom stereocenters. The summed E-state index contributed by atoms with van der Waals surface area (Å²) in [7, 11) is 0. The summed E-state index contributed by atoms with van der Waals surface area (Å²) in [5.41, 5.74) is 6.43. The third-order valence-electron chi connectivity index (χ3n) is 2.00. The molecule has 0 aliphatic carbocycles. The minimum atomic E-state index is -0.442. The summed E-state index contributed by atoms with van der Waals surface area (Å²) in [6.45, 7) is 1.84. The Kier molecular flexibility index (Phi) is 3.18. The highest BCUT2D eigenvalue weighted by Gasteiger charge is 2.11. The van der Waals surface area contributed by atoms with Crippen LogP contribution in [0.25, 0.3) is 10.6 Å². The second-order valence-electron chi connectivity index (χ2n) is 3.36. The summed E-state index contributed by atoms with van der Waals surface area (Å²) in [4.78, 5) is 0. The van der Waals surface area contributed by atoms with Crippen molar-refractivity contribution in [1.29, 1.82) is 0 Å². The fraction of sp³-hybridized carbons (Fsp3) is 0.200. The predicted octanol–water partition coefficient (Wildman–Crippen LogP) is 3.02. The average molecular weight is 258 g/mol. The van der Waals surface area contributed by atoms with Gasteiger partial charge in [0.1, 0.15) is 15.8 Å². The first-order valence-corrected chi connectivity index (χ1v) is 5.82. The van der Waals surface area contributed by atoms with E-state index in [0.29, 0.717) is 5.01 Å². The maximum atomic E-state index is 13.0. The van der Waals surface area contributed by atoms with Gasteiger partial charge in [0.15, 0.2) is 0 Å². The standard InChI is InChI=1S/C10H9ClFN3S/c1-5(13)9-14-15-10(16-9)6-2-3-8(12)7(11)4-6/h2-5H,13H2,1H3. The summed E-state index contributed by atoms with van der Waals surface area (Å²) in [6, 6.07) is 4.31. The molecule has 0 aliphatic rings. The number of benzene rings is 1. The third kappa shape index (κ3) is 2.21. The van der Waals surface area contributed by atoms with Gasteiger partial charge in [-0.25, -0.2) is 4.39 Å². The molecule has 2 N–H and O–H groups in total. The number of hydrogen-bond donors (Lipinski definition) is 1. The molecule has 1 aromatic carbocycles. The SMILES string of the molecule is CC(N)c1nnc(-c2ccc(F)c(Cl)c2)s1. The molecular weight excluding hydrogens is 249 g/mol. The van der Waals surface area contributed by atoms with Gasteiger partial charge < -0.3 is 5.73 Å². The molecule has 6 heteroatoms. The van der Waals surface area contributed by atoms with Crippen LogP contribution in [0.15, 0.2) is 18.2 Å². The van der Waals surface area contributed by atoms with E-state index in [9.17, 15) is 4.39 Å². The molecular formula is C10H9ClFN3S. The van der Waals surface area contributed by atoms with Crippen LogP contribution in [0.4, 0.5) is 4.39 Å². The van der Waals surface area contributed by atoms with Crippen LogP contribution >= 0.6 is 22.9 Å². The predicted molar refractivity (Wildman–Crippen MR) is 62.9 cm³/mol. The minimum Gasteiger partial charge on any atom is -0.322 e. The van der Waals surface area contributed by atoms with Gasteiger partial charge in [-0.15, -0.1) is 10.2 Å². The summed E-state index contributed by atoms with van der Waals surface area (Å²) in [5.74, 6) is -0.442. The van der Waals surface area contributed by atoms with Crippen LogP contribution in [0.3, 0.4) is 0 Å². The van der Waals surface area contributed by atoms with E-state index < -0.39 is 5.82 Å². The van der Waals surface area contributed by atoms with Crippen molar-refractivity contribution in [2.24, 2.45) is 5.73 Å². The topological polar surface area (TPSA) is 51.8 Å². The maximum Gasteiger partial charge on any atom is 0.147 e. The van der Waals surface area contributed by atoms with Crippen LogP contribution in [-0.4, -0.2) is 10.2 Å². The van der Waals surface area contributed by atoms with Gasteiger partial charge in [0.25, 0.3) is 0 Å². The summed E-state index contributed by atoms with van der Waals surface area (Å²) < 4.78 is 13.0. The van der Waals surface area contributed by atoms with Gasteiger partial charge in [-0.05, 0) is 25.1 Å². The van der Waals surface area contributed by atoms with E-state index in [1.54, 1.807) is 6.07 Å². The molecule has 3 nitrogen and oxygen atoms in total. The van der Waals surface area contributed by atoms with Crippen molar-refractivity contribution in [3.05, 3.63) is 34.0 Å². The lowest BCUT2D eigenvalue weighted by molar-refractivity contribution is 0.628. The molecule has 2 rings (SSSR count). The summed E-state index contributed by atoms with van der Waals surface area (Å²) >= 11 is 7.07. The van der Waals surface area contributed by atoms with E-state index in [4.69, 9.17) is 17.3 Å². The molecule has 1 heterocycles. The molecule has 0 fully saturated rings. The van der Waals surface area contributed by atoms with Crippen molar-refractivity contribution in [2.75, 3.05) is 0 Å². The number of rotatable bonds is 2. The number of aromatic nitrogens is 2. The highest BCUT2D eigenvalue weighted by molar-refractivity contribution is 7.14. The van der Waals surface area contributed by atoms with Crippen LogP contribution in [0, 0.1) is 5.82 Å². The zero-order chi connectivity index (χ0) is 11.7. The van der Waals surface area contributed by atoms with Gasteiger partial charge in [-0.2, -0.15) is 0 Å². The van der Waals surface area contributed by atoms with E-state index in [1.807, 2.05) is 6.92 Å². The Balaban J connectivity index is 2.39. The molecule has 0 spiro atoms. The first-order chi connectivity index (χ1) is 7.58. The Morgan fingerprint density at radius 3 is 2.75 bits per heavy atom. The van der Waals surface area contributed by atoms with Gasteiger partial charge in [0, 0.05) is 5.56 Å². The van der Waals surface area contributed by atoms with Crippen LogP contribution < -0.4 is 5.73 Å². The second-order valence-corrected chi connectivity index (χ2v) is 4.78. The zero-order valence-corrected chi connectivity index (χ0v) is 10.0. The van der Waals surface area contributed by atoms with E-state index >= 15 is 0 Å². The Bertz CT molecular complexity index is 513.